The lowest BCUT2D eigenvalue weighted by molar-refractivity contribution is 0.694. The Morgan fingerprint density at radius 1 is 1.44 bits per heavy atom. The van der Waals surface area contributed by atoms with E-state index in [9.17, 15) is 0 Å². The summed E-state index contributed by atoms with van der Waals surface area (Å²) in [6, 6.07) is 6.74. The summed E-state index contributed by atoms with van der Waals surface area (Å²) in [4.78, 5) is 7.79. The fourth-order valence-corrected chi connectivity index (χ4v) is 3.25. The van der Waals surface area contributed by atoms with Crippen molar-refractivity contribution in [1.29, 1.82) is 0 Å². The molecule has 0 saturated heterocycles. The number of hydrogen-bond donors (Lipinski definition) is 1. The minimum atomic E-state index is 0.658. The Kier molecular flexibility index (Phi) is 2.96. The predicted molar refractivity (Wildman–Crippen MR) is 77.1 cm³/mol. The van der Waals surface area contributed by atoms with Crippen molar-refractivity contribution < 1.29 is 0 Å². The molecule has 0 radical (unpaired) electrons. The van der Waals surface area contributed by atoms with E-state index in [2.05, 4.69) is 35.0 Å². The molecule has 2 N–H and O–H groups in total. The number of benzene rings is 1. The van der Waals surface area contributed by atoms with Crippen molar-refractivity contribution in [3.63, 3.8) is 0 Å². The van der Waals surface area contributed by atoms with E-state index in [-0.39, 0.29) is 0 Å². The largest absolute Gasteiger partial charge is 0.375 e. The molecule has 3 nitrogen and oxygen atoms in total. The molecule has 2 heterocycles. The second kappa shape index (κ2) is 4.61. The van der Waals surface area contributed by atoms with Crippen LogP contribution in [0.25, 0.3) is 0 Å². The summed E-state index contributed by atoms with van der Waals surface area (Å²) in [5, 5.41) is 0.658. The van der Waals surface area contributed by atoms with Gasteiger partial charge in [-0.2, -0.15) is 0 Å². The molecule has 3 rings (SSSR count). The zero-order chi connectivity index (χ0) is 12.5. The monoisotopic (exact) mass is 259 g/mol. The number of aryl methyl sites for hydroxylation is 2. The van der Waals surface area contributed by atoms with E-state index in [1.54, 1.807) is 11.3 Å². The summed E-state index contributed by atoms with van der Waals surface area (Å²) in [7, 11) is 0. The molecular formula is C14H17N3S. The number of hydrogen-bond acceptors (Lipinski definition) is 4. The lowest BCUT2D eigenvalue weighted by Gasteiger charge is -2.31. The van der Waals surface area contributed by atoms with Crippen LogP contribution in [-0.2, 0) is 13.0 Å². The first-order valence-corrected chi connectivity index (χ1v) is 7.09. The molecule has 1 aliphatic rings. The lowest BCUT2D eigenvalue weighted by Crippen LogP contribution is -2.28. The predicted octanol–water partition coefficient (Wildman–Crippen LogP) is 2.99. The van der Waals surface area contributed by atoms with Gasteiger partial charge in [-0.15, -0.1) is 11.3 Å². The fraction of sp³-hybridized carbons (Fsp3) is 0.357. The van der Waals surface area contributed by atoms with Gasteiger partial charge in [-0.05, 0) is 31.4 Å². The Hall–Kier alpha value is -1.55. The van der Waals surface area contributed by atoms with Gasteiger partial charge in [-0.1, -0.05) is 17.7 Å². The SMILES string of the molecule is Cc1ccc2c(c1)CCCN2Cc1cnc(N)s1. The molecule has 0 fully saturated rings. The third-order valence-electron chi connectivity index (χ3n) is 3.37. The number of rotatable bonds is 2. The van der Waals surface area contributed by atoms with Crippen molar-refractivity contribution in [1.82, 2.24) is 4.98 Å². The van der Waals surface area contributed by atoms with Crippen molar-refractivity contribution in [3.05, 3.63) is 40.4 Å². The molecule has 0 aliphatic carbocycles. The van der Waals surface area contributed by atoms with E-state index in [4.69, 9.17) is 5.73 Å². The highest BCUT2D eigenvalue weighted by Crippen LogP contribution is 2.30. The lowest BCUT2D eigenvalue weighted by atomic mass is 9.99. The molecule has 1 aromatic heterocycles. The van der Waals surface area contributed by atoms with E-state index in [1.807, 2.05) is 6.20 Å². The molecule has 0 bridgehead atoms. The summed E-state index contributed by atoms with van der Waals surface area (Å²) in [6.45, 7) is 4.20. The second-order valence-corrected chi connectivity index (χ2v) is 5.97. The average molecular weight is 259 g/mol. The number of aromatic nitrogens is 1. The van der Waals surface area contributed by atoms with Crippen LogP contribution < -0.4 is 10.6 Å². The number of fused-ring (bicyclic) bond motifs is 1. The van der Waals surface area contributed by atoms with Crippen LogP contribution in [0.1, 0.15) is 22.4 Å². The molecule has 0 amide bonds. The van der Waals surface area contributed by atoms with Crippen LogP contribution in [0.5, 0.6) is 0 Å². The number of nitrogens with zero attached hydrogens (tertiary/aromatic N) is 2. The first-order chi connectivity index (χ1) is 8.72. The molecule has 0 atom stereocenters. The van der Waals surface area contributed by atoms with Crippen molar-refractivity contribution in [2.24, 2.45) is 0 Å². The van der Waals surface area contributed by atoms with Gasteiger partial charge in [0.05, 0.1) is 6.54 Å². The van der Waals surface area contributed by atoms with E-state index in [0.29, 0.717) is 5.13 Å². The highest BCUT2D eigenvalue weighted by atomic mass is 32.1. The van der Waals surface area contributed by atoms with Crippen LogP contribution in [0.15, 0.2) is 24.4 Å². The minimum absolute atomic E-state index is 0.658. The number of nitrogens with two attached hydrogens (primary N) is 1. The molecule has 0 spiro atoms. The van der Waals surface area contributed by atoms with Gasteiger partial charge in [0, 0.05) is 23.3 Å². The molecule has 18 heavy (non-hydrogen) atoms. The quantitative estimate of drug-likeness (QED) is 0.901. The molecule has 94 valence electrons. The Balaban J connectivity index is 1.87. The fourth-order valence-electron chi connectivity index (χ4n) is 2.55. The number of anilines is 2. The Morgan fingerprint density at radius 3 is 3.11 bits per heavy atom. The summed E-state index contributed by atoms with van der Waals surface area (Å²) in [5.74, 6) is 0. The summed E-state index contributed by atoms with van der Waals surface area (Å²) >= 11 is 1.58. The summed E-state index contributed by atoms with van der Waals surface area (Å²) in [6.07, 6.45) is 4.31. The van der Waals surface area contributed by atoms with Crippen molar-refractivity contribution in [2.45, 2.75) is 26.3 Å². The van der Waals surface area contributed by atoms with Crippen molar-refractivity contribution >= 4 is 22.2 Å². The van der Waals surface area contributed by atoms with Crippen LogP contribution in [0, 0.1) is 6.92 Å². The van der Waals surface area contributed by atoms with E-state index < -0.39 is 0 Å². The molecule has 0 saturated carbocycles. The molecule has 4 heteroatoms. The smallest absolute Gasteiger partial charge is 0.180 e. The third-order valence-corrected chi connectivity index (χ3v) is 4.18. The molecule has 0 unspecified atom stereocenters. The third kappa shape index (κ3) is 2.20. The molecular weight excluding hydrogens is 242 g/mol. The number of thiazole rings is 1. The zero-order valence-electron chi connectivity index (χ0n) is 10.5. The van der Waals surface area contributed by atoms with Crippen LogP contribution >= 0.6 is 11.3 Å². The van der Waals surface area contributed by atoms with Crippen LogP contribution in [0.2, 0.25) is 0 Å². The summed E-state index contributed by atoms with van der Waals surface area (Å²) < 4.78 is 0. The molecule has 1 aromatic carbocycles. The molecule has 2 aromatic rings. The van der Waals surface area contributed by atoms with Crippen molar-refractivity contribution in [2.75, 3.05) is 17.2 Å². The van der Waals surface area contributed by atoms with E-state index in [0.717, 1.165) is 13.1 Å². The van der Waals surface area contributed by atoms with E-state index in [1.165, 1.54) is 34.5 Å². The van der Waals surface area contributed by atoms with Gasteiger partial charge in [0.25, 0.3) is 0 Å². The second-order valence-electron chi connectivity index (χ2n) is 4.82. The first-order valence-electron chi connectivity index (χ1n) is 6.27. The maximum absolute atomic E-state index is 5.69. The van der Waals surface area contributed by atoms with Gasteiger partial charge in [0.15, 0.2) is 5.13 Å². The average Bonchev–Trinajstić information content (AvgIpc) is 2.75. The van der Waals surface area contributed by atoms with Crippen LogP contribution in [-0.4, -0.2) is 11.5 Å². The Bertz CT molecular complexity index is 562. The highest BCUT2D eigenvalue weighted by Gasteiger charge is 2.17. The minimum Gasteiger partial charge on any atom is -0.375 e. The van der Waals surface area contributed by atoms with Gasteiger partial charge in [0.1, 0.15) is 0 Å². The zero-order valence-corrected chi connectivity index (χ0v) is 11.3. The maximum atomic E-state index is 5.69. The Labute approximate surface area is 111 Å². The van der Waals surface area contributed by atoms with Gasteiger partial charge in [-0.25, -0.2) is 4.98 Å². The topological polar surface area (TPSA) is 42.2 Å². The summed E-state index contributed by atoms with van der Waals surface area (Å²) in [5.41, 5.74) is 9.88. The van der Waals surface area contributed by atoms with E-state index >= 15 is 0 Å². The standard InChI is InChI=1S/C14H17N3S/c1-10-4-5-13-11(7-10)3-2-6-17(13)9-12-8-16-14(15)18-12/h4-5,7-8H,2-3,6,9H2,1H3,(H2,15,16). The van der Waals surface area contributed by atoms with Crippen LogP contribution in [0.4, 0.5) is 10.8 Å². The number of nitrogen functional groups attached to an aromatic ring is 1. The van der Waals surface area contributed by atoms with Gasteiger partial charge in [0.2, 0.25) is 0 Å². The Morgan fingerprint density at radius 2 is 2.33 bits per heavy atom. The molecule has 1 aliphatic heterocycles. The highest BCUT2D eigenvalue weighted by molar-refractivity contribution is 7.15. The van der Waals surface area contributed by atoms with Crippen LogP contribution in [0.3, 0.4) is 0 Å². The van der Waals surface area contributed by atoms with Crippen molar-refractivity contribution in [3.8, 4) is 0 Å². The maximum Gasteiger partial charge on any atom is 0.180 e. The van der Waals surface area contributed by atoms with Gasteiger partial charge in [-0.3, -0.25) is 0 Å². The van der Waals surface area contributed by atoms with Gasteiger partial charge < -0.3 is 10.6 Å². The van der Waals surface area contributed by atoms with Gasteiger partial charge >= 0.3 is 0 Å². The first kappa shape index (κ1) is 11.5. The normalized spacial score (nSPS) is 14.6.